The van der Waals surface area contributed by atoms with Crippen LogP contribution in [0.4, 0.5) is 8.78 Å². The summed E-state index contributed by atoms with van der Waals surface area (Å²) in [4.78, 5) is 83.9. The van der Waals surface area contributed by atoms with Gasteiger partial charge in [0.2, 0.25) is 6.10 Å². The van der Waals surface area contributed by atoms with E-state index in [4.69, 9.17) is 28.4 Å². The summed E-state index contributed by atoms with van der Waals surface area (Å²) in [5.41, 5.74) is -10.6. The first-order valence-corrected chi connectivity index (χ1v) is 23.8. The summed E-state index contributed by atoms with van der Waals surface area (Å²) in [6, 6.07) is 10.4. The first-order chi connectivity index (χ1) is 27.8. The van der Waals surface area contributed by atoms with Crippen LogP contribution in [-0.4, -0.2) is 93.0 Å². The molecule has 1 aliphatic heterocycles. The summed E-state index contributed by atoms with van der Waals surface area (Å²) in [6.07, 6.45) is -1.65. The maximum Gasteiger partial charge on any atom is 0.367 e. The van der Waals surface area contributed by atoms with Gasteiger partial charge in [0.25, 0.3) is 0 Å². The summed E-state index contributed by atoms with van der Waals surface area (Å²) in [6.45, 7) is 5.52. The van der Waals surface area contributed by atoms with Gasteiger partial charge in [0.1, 0.15) is 18.8 Å². The van der Waals surface area contributed by atoms with Crippen molar-refractivity contribution >= 4 is 136 Å². The van der Waals surface area contributed by atoms with Crippen molar-refractivity contribution in [2.45, 2.75) is 78.8 Å². The van der Waals surface area contributed by atoms with Crippen molar-refractivity contribution in [2.24, 2.45) is 21.7 Å². The minimum atomic E-state index is -6.35. The Morgan fingerprint density at radius 3 is 1.98 bits per heavy atom. The van der Waals surface area contributed by atoms with E-state index in [9.17, 15) is 50.5 Å². The minimum absolute atomic E-state index is 0.123. The summed E-state index contributed by atoms with van der Waals surface area (Å²) < 4.78 is 98.0. The predicted molar refractivity (Wildman–Crippen MR) is 244 cm³/mol. The van der Waals surface area contributed by atoms with E-state index in [-0.39, 0.29) is 25.2 Å². The van der Waals surface area contributed by atoms with Gasteiger partial charge in [-0.05, 0) is 169 Å². The predicted octanol–water partition coefficient (Wildman–Crippen LogP) is 6.93. The SMILES string of the molecule is CC(C)(OC(=O)C(C)(C)C(C)(C(=O)OC1CCOC1=O)C(C)(C(=O)COCCOC(=O)c1cc(I)cc(I)c1I)C(C)(C)C(=O)OCC(F)(F)S(=O)(=O)[O-])c1cccc(I)c1. The Bertz CT molecular complexity index is 2180. The zero-order chi connectivity index (χ0) is 46.7. The number of hydrogen-bond donors (Lipinski definition) is 0. The third-order valence-electron chi connectivity index (χ3n) is 11.1. The molecule has 0 aliphatic carbocycles. The molecule has 3 atom stereocenters. The van der Waals surface area contributed by atoms with Gasteiger partial charge in [-0.25, -0.2) is 18.0 Å². The number of esters is 5. The molecule has 0 radical (unpaired) electrons. The van der Waals surface area contributed by atoms with E-state index in [0.717, 1.165) is 38.4 Å². The number of carbonyl (C=O) groups excluding carboxylic acids is 6. The molecule has 3 rings (SSSR count). The highest BCUT2D eigenvalue weighted by Gasteiger charge is 2.73. The quantitative estimate of drug-likeness (QED) is 0.0348. The topological polar surface area (TPSA) is 215 Å². The van der Waals surface area contributed by atoms with Crippen molar-refractivity contribution in [2.75, 3.05) is 33.0 Å². The number of halogens is 6. The molecule has 338 valence electrons. The number of carbonyl (C=O) groups is 6. The second-order valence-electron chi connectivity index (χ2n) is 15.8. The molecular formula is C39H43F2I4O15S-. The molecule has 0 N–H and O–H groups in total. The Balaban J connectivity index is 2.16. The van der Waals surface area contributed by atoms with Crippen LogP contribution in [-0.2, 0) is 68.1 Å². The van der Waals surface area contributed by atoms with E-state index >= 15 is 0 Å². The Kier molecular flexibility index (Phi) is 17.6. The van der Waals surface area contributed by atoms with Crippen LogP contribution in [0.2, 0.25) is 0 Å². The fourth-order valence-corrected chi connectivity index (χ4v) is 9.67. The second kappa shape index (κ2) is 20.1. The lowest BCUT2D eigenvalue weighted by Crippen LogP contribution is -2.67. The molecule has 0 amide bonds. The monoisotopic (exact) mass is 1330 g/mol. The maximum absolute atomic E-state index is 14.9. The molecule has 1 heterocycles. The molecule has 0 saturated carbocycles. The van der Waals surface area contributed by atoms with Crippen LogP contribution in [0.3, 0.4) is 0 Å². The number of benzene rings is 2. The molecule has 1 fully saturated rings. The average Bonchev–Trinajstić information content (AvgIpc) is 3.56. The summed E-state index contributed by atoms with van der Waals surface area (Å²) in [5, 5.41) is -5.11. The molecule has 2 aromatic rings. The summed E-state index contributed by atoms with van der Waals surface area (Å²) in [5.74, 6) is -7.00. The molecule has 0 aromatic heterocycles. The van der Waals surface area contributed by atoms with Crippen molar-refractivity contribution in [3.8, 4) is 0 Å². The fraction of sp³-hybridized carbons (Fsp3) is 0.538. The first-order valence-electron chi connectivity index (χ1n) is 18.1. The number of rotatable bonds is 19. The Morgan fingerprint density at radius 2 is 1.43 bits per heavy atom. The lowest BCUT2D eigenvalue weighted by Gasteiger charge is -2.56. The van der Waals surface area contributed by atoms with Crippen molar-refractivity contribution in [1.29, 1.82) is 0 Å². The fourth-order valence-electron chi connectivity index (χ4n) is 6.54. The molecule has 1 saturated heterocycles. The van der Waals surface area contributed by atoms with Crippen molar-refractivity contribution < 1.29 is 78.9 Å². The van der Waals surface area contributed by atoms with Crippen LogP contribution in [0, 0.1) is 35.9 Å². The molecule has 22 heteroatoms. The number of cyclic esters (lactones) is 1. The van der Waals surface area contributed by atoms with E-state index in [2.05, 4.69) is 45.2 Å². The number of hydrogen-bond acceptors (Lipinski definition) is 15. The van der Waals surface area contributed by atoms with Gasteiger partial charge in [-0.15, -0.1) is 0 Å². The normalized spacial score (nSPS) is 17.0. The minimum Gasteiger partial charge on any atom is -0.743 e. The van der Waals surface area contributed by atoms with Gasteiger partial charge in [0, 0.05) is 20.7 Å². The van der Waals surface area contributed by atoms with Gasteiger partial charge >= 0.3 is 35.1 Å². The van der Waals surface area contributed by atoms with Crippen LogP contribution >= 0.6 is 90.4 Å². The zero-order valence-electron chi connectivity index (χ0n) is 34.1. The Labute approximate surface area is 406 Å². The van der Waals surface area contributed by atoms with Crippen molar-refractivity contribution in [3.05, 3.63) is 61.8 Å². The van der Waals surface area contributed by atoms with E-state index < -0.39 is 104 Å². The Morgan fingerprint density at radius 1 is 0.820 bits per heavy atom. The van der Waals surface area contributed by atoms with Crippen LogP contribution in [0.15, 0.2) is 36.4 Å². The van der Waals surface area contributed by atoms with Crippen LogP contribution in [0.5, 0.6) is 0 Å². The number of alkyl halides is 2. The first kappa shape index (κ1) is 53.4. The van der Waals surface area contributed by atoms with Crippen LogP contribution in [0.1, 0.15) is 77.7 Å². The van der Waals surface area contributed by atoms with Gasteiger partial charge in [-0.2, -0.15) is 8.78 Å². The number of ether oxygens (including phenoxy) is 6. The highest BCUT2D eigenvalue weighted by molar-refractivity contribution is 14.1. The highest BCUT2D eigenvalue weighted by Crippen LogP contribution is 2.62. The molecule has 3 unspecified atom stereocenters. The van der Waals surface area contributed by atoms with Gasteiger partial charge in [-0.3, -0.25) is 19.2 Å². The molecule has 0 spiro atoms. The smallest absolute Gasteiger partial charge is 0.367 e. The van der Waals surface area contributed by atoms with Gasteiger partial charge in [0.05, 0.1) is 40.4 Å². The van der Waals surface area contributed by atoms with E-state index in [1.165, 1.54) is 13.8 Å². The third kappa shape index (κ3) is 11.3. The number of ketones is 1. The summed E-state index contributed by atoms with van der Waals surface area (Å²) in [7, 11) is -6.35. The maximum atomic E-state index is 14.9. The Hall–Kier alpha value is -1.89. The standard InChI is InChI=1S/C39H44F2I4O15S/c1-34(2,31(49)58-20-39(40,41)61(52,53)54)37(7,27(46)19-55-14-15-57-29(47)24-17-23(43)18-25(44)28(24)45)38(8,33(51)59-26-12-13-56-30(26)48)35(3,4)32(50)60-36(5,6)21-10-9-11-22(42)16-21/h9-11,16-18,26H,12-15,19-20H2,1-8H3,(H,52,53,54)/p-1. The highest BCUT2D eigenvalue weighted by atomic mass is 127. The van der Waals surface area contributed by atoms with Gasteiger partial charge < -0.3 is 33.0 Å². The molecule has 61 heavy (non-hydrogen) atoms. The van der Waals surface area contributed by atoms with E-state index in [1.54, 1.807) is 44.2 Å². The molecule has 15 nitrogen and oxygen atoms in total. The third-order valence-corrected chi connectivity index (χ3v) is 16.3. The van der Waals surface area contributed by atoms with Crippen molar-refractivity contribution in [1.82, 2.24) is 0 Å². The molecule has 2 aromatic carbocycles. The summed E-state index contributed by atoms with van der Waals surface area (Å²) >= 11 is 8.16. The molecular weight excluding hydrogens is 1290 g/mol. The zero-order valence-corrected chi connectivity index (χ0v) is 43.5. The lowest BCUT2D eigenvalue weighted by molar-refractivity contribution is -0.216. The molecule has 0 bridgehead atoms. The van der Waals surface area contributed by atoms with E-state index in [1.807, 2.05) is 51.2 Å². The van der Waals surface area contributed by atoms with E-state index in [0.29, 0.717) is 9.13 Å². The van der Waals surface area contributed by atoms with Crippen LogP contribution in [0.25, 0.3) is 0 Å². The van der Waals surface area contributed by atoms with Gasteiger partial charge in [-0.1, -0.05) is 19.1 Å². The number of Topliss-reactive ketones (excluding diaryl/α,β-unsaturated/α-hetero) is 1. The van der Waals surface area contributed by atoms with Crippen LogP contribution < -0.4 is 0 Å². The average molecular weight is 1330 g/mol. The largest absolute Gasteiger partial charge is 0.743 e. The molecule has 1 aliphatic rings. The second-order valence-corrected chi connectivity index (χ2v) is 22.0. The van der Waals surface area contributed by atoms with Crippen molar-refractivity contribution in [3.63, 3.8) is 0 Å². The van der Waals surface area contributed by atoms with Gasteiger partial charge in [0.15, 0.2) is 22.5 Å². The lowest BCUT2D eigenvalue weighted by atomic mass is 9.44.